The monoisotopic (exact) mass is 279 g/mol. The largest absolute Gasteiger partial charge is 0.471 e. The van der Waals surface area contributed by atoms with Gasteiger partial charge in [-0.3, -0.25) is 0 Å². The van der Waals surface area contributed by atoms with E-state index in [1.165, 1.54) is 5.56 Å². The molecule has 0 saturated carbocycles. The molecule has 19 heavy (non-hydrogen) atoms. The lowest BCUT2D eigenvalue weighted by molar-refractivity contribution is 0.221. The molecule has 5 heteroatoms. The predicted octanol–water partition coefficient (Wildman–Crippen LogP) is 3.45. The van der Waals surface area contributed by atoms with Crippen LogP contribution in [0.3, 0.4) is 0 Å². The number of aromatic nitrogens is 2. The number of ether oxygens (including phenoxy) is 1. The molecule has 0 spiro atoms. The molecule has 2 rings (SSSR count). The van der Waals surface area contributed by atoms with Crippen LogP contribution in [0.1, 0.15) is 26.3 Å². The summed E-state index contributed by atoms with van der Waals surface area (Å²) in [5.74, 6) is 1.10. The smallest absolute Gasteiger partial charge is 0.181 e. The van der Waals surface area contributed by atoms with Gasteiger partial charge in [-0.05, 0) is 23.1 Å². The predicted molar refractivity (Wildman–Crippen MR) is 77.4 cm³/mol. The lowest BCUT2D eigenvalue weighted by Gasteiger charge is -2.19. The molecule has 4 nitrogen and oxygen atoms in total. The molecule has 1 aromatic carbocycles. The molecule has 0 atom stereocenters. The summed E-state index contributed by atoms with van der Waals surface area (Å²) in [7, 11) is 0. The van der Waals surface area contributed by atoms with Crippen LogP contribution in [0.15, 0.2) is 30.5 Å². The highest BCUT2D eigenvalue weighted by molar-refractivity contribution is 6.32. The zero-order valence-corrected chi connectivity index (χ0v) is 12.1. The van der Waals surface area contributed by atoms with E-state index >= 15 is 0 Å². The van der Waals surface area contributed by atoms with Gasteiger partial charge in [0.15, 0.2) is 12.5 Å². The van der Waals surface area contributed by atoms with Crippen molar-refractivity contribution < 1.29 is 4.74 Å². The Hall–Kier alpha value is -1.68. The molecule has 2 aromatic rings. The molecule has 0 aliphatic carbocycles. The molecule has 0 aliphatic heterocycles. The standard InChI is InChI=1S/C14H18ClN3O/c1-14(2,3)10-4-6-11(7-5-10)19-9-18-8-12(15)13(16)17-18/h4-8H,9H2,1-3H3,(H2,16,17). The van der Waals surface area contributed by atoms with E-state index in [4.69, 9.17) is 22.1 Å². The van der Waals surface area contributed by atoms with Crippen molar-refractivity contribution in [3.63, 3.8) is 0 Å². The normalized spacial score (nSPS) is 11.6. The Kier molecular flexibility index (Phi) is 3.71. The summed E-state index contributed by atoms with van der Waals surface area (Å²) in [5, 5.41) is 4.46. The van der Waals surface area contributed by atoms with Crippen LogP contribution in [0.2, 0.25) is 5.02 Å². The SMILES string of the molecule is CC(C)(C)c1ccc(OCn2cc(Cl)c(N)n2)cc1. The van der Waals surface area contributed by atoms with Crippen molar-refractivity contribution in [2.24, 2.45) is 0 Å². The zero-order valence-electron chi connectivity index (χ0n) is 11.4. The minimum absolute atomic E-state index is 0.141. The fraction of sp³-hybridized carbons (Fsp3) is 0.357. The van der Waals surface area contributed by atoms with Gasteiger partial charge in [-0.2, -0.15) is 5.10 Å². The Bertz CT molecular complexity index is 536. The second-order valence-electron chi connectivity index (χ2n) is 5.45. The Balaban J connectivity index is 2.00. The maximum atomic E-state index is 5.82. The second kappa shape index (κ2) is 5.13. The highest BCUT2D eigenvalue weighted by Crippen LogP contribution is 2.24. The van der Waals surface area contributed by atoms with Crippen LogP contribution in [0.25, 0.3) is 0 Å². The first-order valence-corrected chi connectivity index (χ1v) is 6.46. The van der Waals surface area contributed by atoms with Gasteiger partial charge >= 0.3 is 0 Å². The van der Waals surface area contributed by atoms with Crippen LogP contribution >= 0.6 is 11.6 Å². The molecule has 0 amide bonds. The van der Waals surface area contributed by atoms with Gasteiger partial charge in [-0.15, -0.1) is 0 Å². The van der Waals surface area contributed by atoms with Gasteiger partial charge in [0.05, 0.1) is 0 Å². The van der Waals surface area contributed by atoms with E-state index in [0.29, 0.717) is 10.8 Å². The molecule has 1 heterocycles. The molecular formula is C14H18ClN3O. The summed E-state index contributed by atoms with van der Waals surface area (Å²) in [6.07, 6.45) is 1.64. The number of halogens is 1. The lowest BCUT2D eigenvalue weighted by atomic mass is 9.87. The van der Waals surface area contributed by atoms with Crippen LogP contribution in [0.5, 0.6) is 5.75 Å². The summed E-state index contributed by atoms with van der Waals surface area (Å²) in [6.45, 7) is 6.82. The van der Waals surface area contributed by atoms with Gasteiger partial charge in [-0.25, -0.2) is 4.68 Å². The number of nitrogens with zero attached hydrogens (tertiary/aromatic N) is 2. The van der Waals surface area contributed by atoms with Crippen LogP contribution in [0, 0.1) is 0 Å². The van der Waals surface area contributed by atoms with Gasteiger partial charge in [0.2, 0.25) is 0 Å². The summed E-state index contributed by atoms with van der Waals surface area (Å²) in [5.41, 5.74) is 6.97. The minimum Gasteiger partial charge on any atom is -0.471 e. The van der Waals surface area contributed by atoms with E-state index in [-0.39, 0.29) is 12.1 Å². The van der Waals surface area contributed by atoms with Crippen molar-refractivity contribution in [3.05, 3.63) is 41.0 Å². The van der Waals surface area contributed by atoms with Gasteiger partial charge < -0.3 is 10.5 Å². The van der Waals surface area contributed by atoms with Gasteiger partial charge in [0, 0.05) is 6.20 Å². The van der Waals surface area contributed by atoms with Crippen LogP contribution in [0.4, 0.5) is 5.82 Å². The third kappa shape index (κ3) is 3.41. The van der Waals surface area contributed by atoms with E-state index in [2.05, 4.69) is 38.0 Å². The maximum absolute atomic E-state index is 5.82. The highest BCUT2D eigenvalue weighted by Gasteiger charge is 2.13. The van der Waals surface area contributed by atoms with Crippen LogP contribution in [-0.2, 0) is 12.1 Å². The van der Waals surface area contributed by atoms with Gasteiger partial charge in [0.25, 0.3) is 0 Å². The summed E-state index contributed by atoms with van der Waals surface area (Å²) < 4.78 is 7.18. The number of anilines is 1. The number of rotatable bonds is 3. The third-order valence-corrected chi connectivity index (χ3v) is 3.12. The molecular weight excluding hydrogens is 262 g/mol. The van der Waals surface area contributed by atoms with Crippen LogP contribution in [-0.4, -0.2) is 9.78 Å². The van der Waals surface area contributed by atoms with E-state index in [0.717, 1.165) is 5.75 Å². The molecule has 102 valence electrons. The van der Waals surface area contributed by atoms with Crippen molar-refractivity contribution in [2.45, 2.75) is 32.9 Å². The number of benzene rings is 1. The lowest BCUT2D eigenvalue weighted by Crippen LogP contribution is -2.11. The van der Waals surface area contributed by atoms with E-state index in [1.54, 1.807) is 10.9 Å². The first-order valence-electron chi connectivity index (χ1n) is 6.08. The zero-order chi connectivity index (χ0) is 14.0. The van der Waals surface area contributed by atoms with Gasteiger partial charge in [0.1, 0.15) is 10.8 Å². The summed E-state index contributed by atoms with van der Waals surface area (Å²) >= 11 is 5.82. The minimum atomic E-state index is 0.141. The van der Waals surface area contributed by atoms with E-state index < -0.39 is 0 Å². The molecule has 0 fully saturated rings. The van der Waals surface area contributed by atoms with Crippen molar-refractivity contribution >= 4 is 17.4 Å². The number of hydrogen-bond acceptors (Lipinski definition) is 3. The Morgan fingerprint density at radius 2 is 1.89 bits per heavy atom. The maximum Gasteiger partial charge on any atom is 0.181 e. The second-order valence-corrected chi connectivity index (χ2v) is 5.86. The molecule has 0 bridgehead atoms. The Morgan fingerprint density at radius 1 is 1.26 bits per heavy atom. The first-order chi connectivity index (χ1) is 8.86. The molecule has 0 saturated heterocycles. The molecule has 0 unspecified atom stereocenters. The Labute approximate surface area is 118 Å². The quantitative estimate of drug-likeness (QED) is 0.936. The van der Waals surface area contributed by atoms with Crippen molar-refractivity contribution in [1.29, 1.82) is 0 Å². The van der Waals surface area contributed by atoms with Crippen molar-refractivity contribution in [3.8, 4) is 5.75 Å². The molecule has 1 aromatic heterocycles. The van der Waals surface area contributed by atoms with E-state index in [9.17, 15) is 0 Å². The number of nitrogen functional groups attached to an aromatic ring is 1. The summed E-state index contributed by atoms with van der Waals surface area (Å²) in [6, 6.07) is 8.05. The van der Waals surface area contributed by atoms with Crippen LogP contribution < -0.4 is 10.5 Å². The number of nitrogens with two attached hydrogens (primary N) is 1. The average Bonchev–Trinajstić information content (AvgIpc) is 2.66. The summed E-state index contributed by atoms with van der Waals surface area (Å²) in [4.78, 5) is 0. The van der Waals surface area contributed by atoms with Crippen molar-refractivity contribution in [1.82, 2.24) is 9.78 Å². The average molecular weight is 280 g/mol. The third-order valence-electron chi connectivity index (χ3n) is 2.83. The fourth-order valence-electron chi connectivity index (χ4n) is 1.67. The van der Waals surface area contributed by atoms with E-state index in [1.807, 2.05) is 12.1 Å². The molecule has 0 radical (unpaired) electrons. The topological polar surface area (TPSA) is 53.1 Å². The molecule has 2 N–H and O–H groups in total. The first kappa shape index (κ1) is 13.7. The Morgan fingerprint density at radius 3 is 2.37 bits per heavy atom. The highest BCUT2D eigenvalue weighted by atomic mass is 35.5. The number of hydrogen-bond donors (Lipinski definition) is 1. The van der Waals surface area contributed by atoms with Gasteiger partial charge in [-0.1, -0.05) is 44.5 Å². The fourth-order valence-corrected chi connectivity index (χ4v) is 1.82. The molecule has 0 aliphatic rings. The van der Waals surface area contributed by atoms with Crippen molar-refractivity contribution in [2.75, 3.05) is 5.73 Å².